The molecule has 0 bridgehead atoms. The van der Waals surface area contributed by atoms with Crippen LogP contribution in [0, 0.1) is 6.92 Å². The number of likely N-dealkylation sites (tertiary alicyclic amines) is 1. The van der Waals surface area contributed by atoms with Crippen LogP contribution in [-0.4, -0.2) is 46.4 Å². The second-order valence-corrected chi connectivity index (χ2v) is 7.75. The molecular formula is C22H24N4O4. The van der Waals surface area contributed by atoms with Crippen molar-refractivity contribution in [2.24, 2.45) is 0 Å². The Morgan fingerprint density at radius 1 is 1.30 bits per heavy atom. The maximum absolute atomic E-state index is 12.6. The van der Waals surface area contributed by atoms with Crippen LogP contribution in [0.5, 0.6) is 5.75 Å². The van der Waals surface area contributed by atoms with Gasteiger partial charge in [0, 0.05) is 44.7 Å². The zero-order valence-corrected chi connectivity index (χ0v) is 16.8. The molecule has 30 heavy (non-hydrogen) atoms. The molecule has 3 amide bonds. The molecule has 1 aromatic carbocycles. The molecule has 2 aromatic rings. The Kier molecular flexibility index (Phi) is 5.39. The Balaban J connectivity index is 1.39. The van der Waals surface area contributed by atoms with Crippen molar-refractivity contribution in [3.63, 3.8) is 0 Å². The third-order valence-electron chi connectivity index (χ3n) is 5.45. The normalized spacial score (nSPS) is 20.8. The number of benzene rings is 1. The van der Waals surface area contributed by atoms with E-state index in [0.717, 1.165) is 11.1 Å². The highest BCUT2D eigenvalue weighted by Crippen LogP contribution is 2.34. The van der Waals surface area contributed by atoms with Gasteiger partial charge in [-0.2, -0.15) is 0 Å². The molecule has 8 nitrogen and oxygen atoms in total. The molecular weight excluding hydrogens is 384 g/mol. The molecule has 1 fully saturated rings. The summed E-state index contributed by atoms with van der Waals surface area (Å²) in [4.78, 5) is 43.1. The molecule has 3 heterocycles. The van der Waals surface area contributed by atoms with Crippen LogP contribution in [0.3, 0.4) is 0 Å². The minimum absolute atomic E-state index is 0.0289. The first-order valence-corrected chi connectivity index (χ1v) is 10.00. The van der Waals surface area contributed by atoms with Crippen LogP contribution in [0.25, 0.3) is 0 Å². The number of aryl methyl sites for hydroxylation is 1. The maximum Gasteiger partial charge on any atom is 0.258 e. The van der Waals surface area contributed by atoms with Crippen LogP contribution in [0.1, 0.15) is 40.7 Å². The lowest BCUT2D eigenvalue weighted by atomic mass is 9.99. The fraction of sp³-hybridized carbons (Fsp3) is 0.364. The lowest BCUT2D eigenvalue weighted by Crippen LogP contribution is -2.56. The van der Waals surface area contributed by atoms with E-state index >= 15 is 0 Å². The molecule has 156 valence electrons. The van der Waals surface area contributed by atoms with E-state index in [9.17, 15) is 14.4 Å². The molecule has 1 saturated heterocycles. The van der Waals surface area contributed by atoms with Crippen LogP contribution < -0.4 is 15.4 Å². The predicted molar refractivity (Wildman–Crippen MR) is 109 cm³/mol. The zero-order valence-electron chi connectivity index (χ0n) is 16.8. The highest BCUT2D eigenvalue weighted by molar-refractivity contribution is 5.98. The molecule has 1 atom stereocenters. The van der Waals surface area contributed by atoms with E-state index in [2.05, 4.69) is 15.6 Å². The molecule has 0 aliphatic carbocycles. The number of fused-ring (bicyclic) bond motifs is 1. The summed E-state index contributed by atoms with van der Waals surface area (Å²) in [6.07, 6.45) is 4.32. The van der Waals surface area contributed by atoms with Gasteiger partial charge in [0.25, 0.3) is 5.91 Å². The van der Waals surface area contributed by atoms with Gasteiger partial charge in [0.2, 0.25) is 11.8 Å². The molecule has 1 aromatic heterocycles. The Bertz CT molecular complexity index is 978. The molecule has 1 spiro atoms. The minimum atomic E-state index is -0.935. The van der Waals surface area contributed by atoms with Gasteiger partial charge in [-0.1, -0.05) is 17.7 Å². The molecule has 0 radical (unpaired) electrons. The first-order valence-electron chi connectivity index (χ1n) is 10.00. The van der Waals surface area contributed by atoms with E-state index in [4.69, 9.17) is 4.74 Å². The van der Waals surface area contributed by atoms with Crippen LogP contribution in [-0.2, 0) is 16.1 Å². The van der Waals surface area contributed by atoms with E-state index < -0.39 is 5.72 Å². The minimum Gasteiger partial charge on any atom is -0.467 e. The summed E-state index contributed by atoms with van der Waals surface area (Å²) in [5, 5.41) is 5.76. The topological polar surface area (TPSA) is 101 Å². The fourth-order valence-corrected chi connectivity index (χ4v) is 3.78. The number of nitrogens with one attached hydrogen (secondary N) is 2. The van der Waals surface area contributed by atoms with Crippen LogP contribution >= 0.6 is 0 Å². The summed E-state index contributed by atoms with van der Waals surface area (Å²) in [7, 11) is 0. The molecule has 2 aliphatic rings. The average molecular weight is 408 g/mol. The number of carbonyl (C=O) groups excluding carboxylic acids is 3. The third kappa shape index (κ3) is 4.27. The standard InChI is InChI=1S/C22H24N4O4/c1-15-4-5-18-17(11-15)21(29)25-22(30-18)7-6-20(28)26(10-8-22)14-19(27)24-13-16-3-2-9-23-12-16/h2-5,9,11-12H,6-8,10,13-14H2,1H3,(H,24,27)(H,25,29). The Morgan fingerprint density at radius 3 is 2.97 bits per heavy atom. The van der Waals surface area contributed by atoms with Crippen LogP contribution in [0.15, 0.2) is 42.7 Å². The second-order valence-electron chi connectivity index (χ2n) is 7.75. The summed E-state index contributed by atoms with van der Waals surface area (Å²) in [5.74, 6) is -0.0388. The number of carbonyl (C=O) groups is 3. The van der Waals surface area contributed by atoms with Gasteiger partial charge in [0.15, 0.2) is 5.72 Å². The lowest BCUT2D eigenvalue weighted by molar-refractivity contribution is -0.135. The Hall–Kier alpha value is -3.42. The first kappa shape index (κ1) is 19.9. The summed E-state index contributed by atoms with van der Waals surface area (Å²) in [5.41, 5.74) is 1.43. The third-order valence-corrected chi connectivity index (χ3v) is 5.45. The number of hydrogen-bond acceptors (Lipinski definition) is 5. The van der Waals surface area contributed by atoms with Gasteiger partial charge in [0.1, 0.15) is 5.75 Å². The molecule has 8 heteroatoms. The quantitative estimate of drug-likeness (QED) is 0.799. The fourth-order valence-electron chi connectivity index (χ4n) is 3.78. The van der Waals surface area contributed by atoms with Gasteiger partial charge < -0.3 is 20.3 Å². The van der Waals surface area contributed by atoms with E-state index in [1.54, 1.807) is 30.6 Å². The molecule has 1 unspecified atom stereocenters. The number of pyridine rings is 1. The number of ether oxygens (including phenoxy) is 1. The van der Waals surface area contributed by atoms with Crippen molar-refractivity contribution in [3.8, 4) is 5.75 Å². The molecule has 2 N–H and O–H groups in total. The zero-order chi connectivity index (χ0) is 21.1. The van der Waals surface area contributed by atoms with Crippen molar-refractivity contribution in [1.82, 2.24) is 20.5 Å². The maximum atomic E-state index is 12.6. The van der Waals surface area contributed by atoms with Crippen molar-refractivity contribution < 1.29 is 19.1 Å². The van der Waals surface area contributed by atoms with Gasteiger partial charge in [-0.3, -0.25) is 19.4 Å². The largest absolute Gasteiger partial charge is 0.467 e. The summed E-state index contributed by atoms with van der Waals surface area (Å²) in [6, 6.07) is 9.15. The molecule has 4 rings (SSSR count). The van der Waals surface area contributed by atoms with Crippen LogP contribution in [0.2, 0.25) is 0 Å². The highest BCUT2D eigenvalue weighted by Gasteiger charge is 2.42. The van der Waals surface area contributed by atoms with E-state index in [1.807, 2.05) is 19.1 Å². The monoisotopic (exact) mass is 408 g/mol. The number of amides is 3. The van der Waals surface area contributed by atoms with Gasteiger partial charge >= 0.3 is 0 Å². The number of hydrogen-bond donors (Lipinski definition) is 2. The van der Waals surface area contributed by atoms with Crippen LogP contribution in [0.4, 0.5) is 0 Å². The predicted octanol–water partition coefficient (Wildman–Crippen LogP) is 1.54. The van der Waals surface area contributed by atoms with Crippen molar-refractivity contribution in [1.29, 1.82) is 0 Å². The number of aromatic nitrogens is 1. The number of nitrogens with zero attached hydrogens (tertiary/aromatic N) is 2. The van der Waals surface area contributed by atoms with E-state index in [1.165, 1.54) is 4.90 Å². The van der Waals surface area contributed by atoms with Gasteiger partial charge in [-0.25, -0.2) is 0 Å². The average Bonchev–Trinajstić information content (AvgIpc) is 2.88. The van der Waals surface area contributed by atoms with Crippen molar-refractivity contribution >= 4 is 17.7 Å². The van der Waals surface area contributed by atoms with E-state index in [0.29, 0.717) is 37.2 Å². The summed E-state index contributed by atoms with van der Waals surface area (Å²) < 4.78 is 6.15. The van der Waals surface area contributed by atoms with Gasteiger partial charge in [0.05, 0.1) is 12.1 Å². The van der Waals surface area contributed by atoms with E-state index in [-0.39, 0.29) is 30.7 Å². The number of rotatable bonds is 4. The Labute approximate surface area is 174 Å². The molecule has 0 saturated carbocycles. The second kappa shape index (κ2) is 8.14. The summed E-state index contributed by atoms with van der Waals surface area (Å²) >= 11 is 0. The van der Waals surface area contributed by atoms with Gasteiger partial charge in [-0.05, 0) is 30.7 Å². The lowest BCUT2D eigenvalue weighted by Gasteiger charge is -2.38. The first-order chi connectivity index (χ1) is 14.4. The van der Waals surface area contributed by atoms with Gasteiger partial charge in [-0.15, -0.1) is 0 Å². The highest BCUT2D eigenvalue weighted by atomic mass is 16.5. The Morgan fingerprint density at radius 2 is 2.17 bits per heavy atom. The van der Waals surface area contributed by atoms with Crippen molar-refractivity contribution in [2.75, 3.05) is 13.1 Å². The smallest absolute Gasteiger partial charge is 0.258 e. The van der Waals surface area contributed by atoms with Crippen molar-refractivity contribution in [2.45, 2.75) is 38.5 Å². The SMILES string of the molecule is Cc1ccc2c(c1)C(=O)NC1(CCC(=O)N(CC(=O)NCc3cccnc3)CC1)O2. The molecule has 2 aliphatic heterocycles. The van der Waals surface area contributed by atoms with Crippen molar-refractivity contribution in [3.05, 3.63) is 59.4 Å². The summed E-state index contributed by atoms with van der Waals surface area (Å²) in [6.45, 7) is 2.56.